The summed E-state index contributed by atoms with van der Waals surface area (Å²) in [6.07, 6.45) is -2.55. The smallest absolute Gasteiger partial charge is 0.184 e. The molecule has 1 saturated heterocycles. The van der Waals surface area contributed by atoms with Crippen LogP contribution in [-0.4, -0.2) is 36.3 Å². The predicted octanol–water partition coefficient (Wildman–Crippen LogP) is 4.09. The Kier molecular flexibility index (Phi) is 7.82. The molecule has 0 amide bonds. The number of aliphatic hydroxyl groups excluding tert-OH is 1. The maximum Gasteiger partial charge on any atom is 0.184 e. The van der Waals surface area contributed by atoms with E-state index in [9.17, 15) is 5.11 Å². The van der Waals surface area contributed by atoms with Crippen molar-refractivity contribution in [1.29, 1.82) is 0 Å². The highest BCUT2D eigenvalue weighted by atomic mass is 16.7. The Labute approximate surface area is 183 Å². The fourth-order valence-corrected chi connectivity index (χ4v) is 3.62. The molecule has 31 heavy (non-hydrogen) atoms. The van der Waals surface area contributed by atoms with Crippen LogP contribution in [0.25, 0.3) is 0 Å². The molecule has 3 aromatic carbocycles. The van der Waals surface area contributed by atoms with Gasteiger partial charge in [-0.05, 0) is 16.7 Å². The Morgan fingerprint density at radius 1 is 0.613 bits per heavy atom. The van der Waals surface area contributed by atoms with Gasteiger partial charge in [-0.2, -0.15) is 0 Å². The van der Waals surface area contributed by atoms with Crippen molar-refractivity contribution in [2.75, 3.05) is 6.61 Å². The van der Waals surface area contributed by atoms with Gasteiger partial charge in [0.2, 0.25) is 0 Å². The second kappa shape index (κ2) is 11.2. The molecular weight excluding hydrogens is 392 g/mol. The van der Waals surface area contributed by atoms with Crippen LogP contribution < -0.4 is 0 Å². The van der Waals surface area contributed by atoms with Gasteiger partial charge in [-0.15, -0.1) is 0 Å². The Morgan fingerprint density at radius 3 is 1.58 bits per heavy atom. The van der Waals surface area contributed by atoms with Crippen molar-refractivity contribution >= 4 is 0 Å². The van der Waals surface area contributed by atoms with Crippen LogP contribution >= 0.6 is 0 Å². The van der Waals surface area contributed by atoms with E-state index in [1.54, 1.807) is 0 Å². The largest absolute Gasteiger partial charge is 0.374 e. The molecule has 1 heterocycles. The first-order valence-electron chi connectivity index (χ1n) is 10.6. The van der Waals surface area contributed by atoms with Crippen molar-refractivity contribution in [3.8, 4) is 0 Å². The first-order valence-corrected chi connectivity index (χ1v) is 10.6. The minimum atomic E-state index is -1.07. The summed E-state index contributed by atoms with van der Waals surface area (Å²) in [5, 5.41) is 10.5. The maximum atomic E-state index is 10.5. The van der Waals surface area contributed by atoms with E-state index in [4.69, 9.17) is 18.9 Å². The highest BCUT2D eigenvalue weighted by Gasteiger charge is 2.45. The van der Waals surface area contributed by atoms with Crippen LogP contribution in [0, 0.1) is 0 Å². The van der Waals surface area contributed by atoms with E-state index in [-0.39, 0.29) is 0 Å². The summed E-state index contributed by atoms with van der Waals surface area (Å²) in [6, 6.07) is 29.8. The summed E-state index contributed by atoms with van der Waals surface area (Å²) in [5.41, 5.74) is 3.16. The van der Waals surface area contributed by atoms with Gasteiger partial charge >= 0.3 is 0 Å². The third kappa shape index (κ3) is 6.23. The van der Waals surface area contributed by atoms with E-state index in [1.807, 2.05) is 91.0 Å². The molecule has 162 valence electrons. The van der Waals surface area contributed by atoms with Gasteiger partial charge in [0.05, 0.1) is 26.4 Å². The molecule has 1 aliphatic rings. The van der Waals surface area contributed by atoms with Gasteiger partial charge < -0.3 is 24.1 Å². The van der Waals surface area contributed by atoms with Crippen molar-refractivity contribution < 1.29 is 24.1 Å². The van der Waals surface area contributed by atoms with E-state index in [0.29, 0.717) is 26.4 Å². The van der Waals surface area contributed by atoms with Crippen molar-refractivity contribution in [2.24, 2.45) is 0 Å². The van der Waals surface area contributed by atoms with E-state index in [2.05, 4.69) is 0 Å². The van der Waals surface area contributed by atoms with Gasteiger partial charge in [-0.1, -0.05) is 91.0 Å². The standard InChI is InChI=1S/C26H28O5/c27-26-25(30-18-22-14-8-3-9-15-22)24(29-17-21-12-6-2-7-13-21)23(31-26)19-28-16-20-10-4-1-5-11-20/h1-15,23-27H,16-19H2/t23-,24+,25+,26?/m0/s1. The van der Waals surface area contributed by atoms with Gasteiger partial charge in [0.25, 0.3) is 0 Å². The molecule has 0 aliphatic carbocycles. The zero-order valence-corrected chi connectivity index (χ0v) is 17.4. The molecule has 0 saturated carbocycles. The number of ether oxygens (including phenoxy) is 4. The van der Waals surface area contributed by atoms with Crippen molar-refractivity contribution in [3.63, 3.8) is 0 Å². The number of aliphatic hydroxyl groups is 1. The lowest BCUT2D eigenvalue weighted by atomic mass is 10.1. The Hall–Kier alpha value is -2.54. The number of hydrogen-bond acceptors (Lipinski definition) is 5. The highest BCUT2D eigenvalue weighted by Crippen LogP contribution is 2.28. The fourth-order valence-electron chi connectivity index (χ4n) is 3.62. The molecule has 1 unspecified atom stereocenters. The van der Waals surface area contributed by atoms with Crippen LogP contribution in [0.4, 0.5) is 0 Å². The summed E-state index contributed by atoms with van der Waals surface area (Å²) < 4.78 is 23.9. The molecule has 0 radical (unpaired) electrons. The van der Waals surface area contributed by atoms with Gasteiger partial charge in [-0.25, -0.2) is 0 Å². The normalized spacial score (nSPS) is 23.1. The van der Waals surface area contributed by atoms with Crippen LogP contribution in [0.5, 0.6) is 0 Å². The average Bonchev–Trinajstić information content (AvgIpc) is 3.12. The van der Waals surface area contributed by atoms with Crippen molar-refractivity contribution in [3.05, 3.63) is 108 Å². The molecule has 1 aliphatic heterocycles. The lowest BCUT2D eigenvalue weighted by molar-refractivity contribution is -0.153. The lowest BCUT2D eigenvalue weighted by Gasteiger charge is -2.24. The van der Waals surface area contributed by atoms with Gasteiger partial charge in [0, 0.05) is 0 Å². The molecule has 5 heteroatoms. The number of hydrogen-bond donors (Lipinski definition) is 1. The van der Waals surface area contributed by atoms with Crippen LogP contribution in [0.3, 0.4) is 0 Å². The number of benzene rings is 3. The summed E-state index contributed by atoms with van der Waals surface area (Å²) in [6.45, 7) is 1.55. The monoisotopic (exact) mass is 420 g/mol. The second-order valence-corrected chi connectivity index (χ2v) is 7.59. The van der Waals surface area contributed by atoms with Crippen molar-refractivity contribution in [1.82, 2.24) is 0 Å². The van der Waals surface area contributed by atoms with Gasteiger partial charge in [-0.3, -0.25) is 0 Å². The molecule has 5 nitrogen and oxygen atoms in total. The van der Waals surface area contributed by atoms with Crippen LogP contribution in [-0.2, 0) is 38.8 Å². The first kappa shape index (κ1) is 21.7. The molecule has 1 fully saturated rings. The molecular formula is C26H28O5. The van der Waals surface area contributed by atoms with E-state index in [1.165, 1.54) is 0 Å². The van der Waals surface area contributed by atoms with Crippen LogP contribution in [0.15, 0.2) is 91.0 Å². The lowest BCUT2D eigenvalue weighted by Crippen LogP contribution is -2.39. The van der Waals surface area contributed by atoms with Gasteiger partial charge in [0.15, 0.2) is 6.29 Å². The van der Waals surface area contributed by atoms with E-state index in [0.717, 1.165) is 16.7 Å². The van der Waals surface area contributed by atoms with E-state index >= 15 is 0 Å². The van der Waals surface area contributed by atoms with Crippen LogP contribution in [0.2, 0.25) is 0 Å². The molecule has 4 atom stereocenters. The summed E-state index contributed by atoms with van der Waals surface area (Å²) in [5.74, 6) is 0. The first-order chi connectivity index (χ1) is 15.3. The fraction of sp³-hybridized carbons (Fsp3) is 0.308. The molecule has 1 N–H and O–H groups in total. The minimum Gasteiger partial charge on any atom is -0.374 e. The summed E-state index contributed by atoms with van der Waals surface area (Å²) >= 11 is 0. The maximum absolute atomic E-state index is 10.5. The third-order valence-corrected chi connectivity index (χ3v) is 5.25. The Morgan fingerprint density at radius 2 is 1.06 bits per heavy atom. The summed E-state index contributed by atoms with van der Waals surface area (Å²) in [4.78, 5) is 0. The molecule has 0 spiro atoms. The van der Waals surface area contributed by atoms with Crippen molar-refractivity contribution in [2.45, 2.75) is 44.4 Å². The molecule has 4 rings (SSSR count). The Bertz CT molecular complexity index is 887. The van der Waals surface area contributed by atoms with E-state index < -0.39 is 24.6 Å². The Balaban J connectivity index is 1.39. The SMILES string of the molecule is OC1O[C@@H](COCc2ccccc2)[C@@H](OCc2ccccc2)[C@H]1OCc1ccccc1. The predicted molar refractivity (Wildman–Crippen MR) is 117 cm³/mol. The highest BCUT2D eigenvalue weighted by molar-refractivity contribution is 5.15. The minimum absolute atomic E-state index is 0.302. The summed E-state index contributed by atoms with van der Waals surface area (Å²) in [7, 11) is 0. The zero-order valence-electron chi connectivity index (χ0n) is 17.4. The number of rotatable bonds is 10. The quantitative estimate of drug-likeness (QED) is 0.535. The zero-order chi connectivity index (χ0) is 21.3. The third-order valence-electron chi connectivity index (χ3n) is 5.25. The molecule has 3 aromatic rings. The molecule has 0 bridgehead atoms. The van der Waals surface area contributed by atoms with Crippen LogP contribution in [0.1, 0.15) is 16.7 Å². The second-order valence-electron chi connectivity index (χ2n) is 7.59. The topological polar surface area (TPSA) is 57.2 Å². The average molecular weight is 421 g/mol. The van der Waals surface area contributed by atoms with Gasteiger partial charge in [0.1, 0.15) is 18.3 Å². The molecule has 0 aromatic heterocycles.